The Bertz CT molecular complexity index is 939. The first kappa shape index (κ1) is 24.8. The van der Waals surface area contributed by atoms with Gasteiger partial charge in [0.1, 0.15) is 12.4 Å². The van der Waals surface area contributed by atoms with Gasteiger partial charge in [-0.1, -0.05) is 24.4 Å². The van der Waals surface area contributed by atoms with Crippen molar-refractivity contribution in [2.24, 2.45) is 0 Å². The van der Waals surface area contributed by atoms with Gasteiger partial charge in [0, 0.05) is 35.6 Å². The van der Waals surface area contributed by atoms with Gasteiger partial charge in [0.25, 0.3) is 5.91 Å². The monoisotopic (exact) mass is 477 g/mol. The predicted octanol–water partition coefficient (Wildman–Crippen LogP) is 3.04. The van der Waals surface area contributed by atoms with E-state index in [0.29, 0.717) is 22.0 Å². The molecule has 1 unspecified atom stereocenters. The van der Waals surface area contributed by atoms with Crippen LogP contribution in [0.15, 0.2) is 42.7 Å². The summed E-state index contributed by atoms with van der Waals surface area (Å²) in [5.74, 6) is 0.0330. The second kappa shape index (κ2) is 11.8. The number of aromatic nitrogens is 1. The molecule has 3 N–H and O–H groups in total. The Balaban J connectivity index is 1.71. The van der Waals surface area contributed by atoms with Crippen LogP contribution in [0.1, 0.15) is 36.0 Å². The van der Waals surface area contributed by atoms with Gasteiger partial charge < -0.3 is 25.0 Å². The molecule has 1 aromatic carbocycles. The van der Waals surface area contributed by atoms with Crippen LogP contribution >= 0.6 is 11.6 Å². The molecule has 0 spiro atoms. The van der Waals surface area contributed by atoms with Crippen molar-refractivity contribution in [3.05, 3.63) is 53.3 Å². The van der Waals surface area contributed by atoms with Crippen molar-refractivity contribution < 1.29 is 29.6 Å². The SMILES string of the molecule is O=C(O)N(CCOc1cc(Cl)cc(C(=O)N(CC(O)CO)C2CCCC2)c1)c1ccncc1. The number of benzene rings is 1. The molecule has 2 amide bonds. The highest BCUT2D eigenvalue weighted by molar-refractivity contribution is 6.31. The third-order valence-electron chi connectivity index (χ3n) is 5.55. The summed E-state index contributed by atoms with van der Waals surface area (Å²) in [4.78, 5) is 31.5. The average Bonchev–Trinajstić information content (AvgIpc) is 3.34. The Morgan fingerprint density at radius 3 is 2.52 bits per heavy atom. The minimum Gasteiger partial charge on any atom is -0.492 e. The van der Waals surface area contributed by atoms with Crippen molar-refractivity contribution in [3.63, 3.8) is 0 Å². The molecule has 1 aromatic heterocycles. The lowest BCUT2D eigenvalue weighted by Crippen LogP contribution is -2.44. The van der Waals surface area contributed by atoms with Crippen LogP contribution < -0.4 is 9.64 Å². The number of pyridine rings is 1. The second-order valence-electron chi connectivity index (χ2n) is 7.90. The largest absolute Gasteiger partial charge is 0.492 e. The van der Waals surface area contributed by atoms with Crippen molar-refractivity contribution in [1.82, 2.24) is 9.88 Å². The fourth-order valence-corrected chi connectivity index (χ4v) is 4.17. The van der Waals surface area contributed by atoms with Gasteiger partial charge in [-0.2, -0.15) is 0 Å². The number of rotatable bonds is 10. The fourth-order valence-electron chi connectivity index (χ4n) is 3.95. The number of ether oxygens (including phenoxy) is 1. The van der Waals surface area contributed by atoms with Crippen molar-refractivity contribution >= 4 is 29.3 Å². The molecule has 1 saturated carbocycles. The zero-order valence-electron chi connectivity index (χ0n) is 18.1. The number of halogens is 1. The molecule has 9 nitrogen and oxygen atoms in total. The average molecular weight is 478 g/mol. The number of anilines is 1. The molecule has 1 atom stereocenters. The minimum atomic E-state index is -1.12. The number of nitrogens with zero attached hydrogens (tertiary/aromatic N) is 3. The van der Waals surface area contributed by atoms with Gasteiger partial charge in [0.2, 0.25) is 0 Å². The number of hydrogen-bond acceptors (Lipinski definition) is 6. The molecule has 0 aliphatic heterocycles. The highest BCUT2D eigenvalue weighted by atomic mass is 35.5. The van der Waals surface area contributed by atoms with E-state index in [2.05, 4.69) is 4.98 Å². The summed E-state index contributed by atoms with van der Waals surface area (Å²) in [6.07, 6.45) is 4.55. The molecule has 3 rings (SSSR count). The summed E-state index contributed by atoms with van der Waals surface area (Å²) in [6.45, 7) is -0.301. The van der Waals surface area contributed by atoms with Crippen molar-refractivity contribution in [2.45, 2.75) is 37.8 Å². The first-order valence-corrected chi connectivity index (χ1v) is 11.2. The number of carbonyl (C=O) groups is 2. The van der Waals surface area contributed by atoms with E-state index in [0.717, 1.165) is 30.6 Å². The lowest BCUT2D eigenvalue weighted by atomic mass is 10.1. The third-order valence-corrected chi connectivity index (χ3v) is 5.77. The Morgan fingerprint density at radius 2 is 1.88 bits per heavy atom. The van der Waals surface area contributed by atoms with Crippen molar-refractivity contribution in [1.29, 1.82) is 0 Å². The van der Waals surface area contributed by atoms with E-state index >= 15 is 0 Å². The standard InChI is InChI=1S/C23H28ClN3O6/c24-17-11-16(22(30)27(14-20(29)15-28)18-3-1-2-4-18)12-21(13-17)33-10-9-26(23(31)32)19-5-7-25-8-6-19/h5-8,11-13,18,20,28-29H,1-4,9-10,14-15H2,(H,31,32). The summed E-state index contributed by atoms with van der Waals surface area (Å²) in [5, 5.41) is 29.0. The maximum absolute atomic E-state index is 13.3. The van der Waals surface area contributed by atoms with Crippen LogP contribution in [0.25, 0.3) is 0 Å². The minimum absolute atomic E-state index is 0.00784. The predicted molar refractivity (Wildman–Crippen MR) is 123 cm³/mol. The van der Waals surface area contributed by atoms with Crippen molar-refractivity contribution in [3.8, 4) is 5.75 Å². The topological polar surface area (TPSA) is 123 Å². The van der Waals surface area contributed by atoms with Crippen LogP contribution in [-0.2, 0) is 0 Å². The molecule has 0 radical (unpaired) electrons. The molecule has 10 heteroatoms. The van der Waals surface area contributed by atoms with Crippen LogP contribution in [0.5, 0.6) is 5.75 Å². The summed E-state index contributed by atoms with van der Waals surface area (Å²) >= 11 is 6.23. The summed E-state index contributed by atoms with van der Waals surface area (Å²) < 4.78 is 5.72. The number of aliphatic hydroxyl groups excluding tert-OH is 2. The molecule has 0 saturated heterocycles. The van der Waals surface area contributed by atoms with Gasteiger partial charge in [-0.25, -0.2) is 4.79 Å². The summed E-state index contributed by atoms with van der Waals surface area (Å²) in [7, 11) is 0. The molecular weight excluding hydrogens is 450 g/mol. The third kappa shape index (κ3) is 6.80. The highest BCUT2D eigenvalue weighted by Gasteiger charge is 2.29. The fraction of sp³-hybridized carbons (Fsp3) is 0.435. The summed E-state index contributed by atoms with van der Waals surface area (Å²) in [6, 6.07) is 7.80. The molecule has 1 heterocycles. The van der Waals surface area contributed by atoms with Gasteiger partial charge >= 0.3 is 6.09 Å². The van der Waals surface area contributed by atoms with E-state index in [1.54, 1.807) is 29.2 Å². The van der Waals surface area contributed by atoms with Gasteiger partial charge in [-0.3, -0.25) is 14.7 Å². The molecule has 33 heavy (non-hydrogen) atoms. The van der Waals surface area contributed by atoms with Gasteiger partial charge in [-0.05, 0) is 43.2 Å². The van der Waals surface area contributed by atoms with E-state index in [-0.39, 0.29) is 31.6 Å². The quantitative estimate of drug-likeness (QED) is 0.480. The number of carbonyl (C=O) groups excluding carboxylic acids is 1. The van der Waals surface area contributed by atoms with Gasteiger partial charge in [-0.15, -0.1) is 0 Å². The van der Waals surface area contributed by atoms with Crippen LogP contribution in [0.4, 0.5) is 10.5 Å². The number of carboxylic acid groups (broad SMARTS) is 1. The first-order chi connectivity index (χ1) is 15.9. The second-order valence-corrected chi connectivity index (χ2v) is 8.33. The Kier molecular flexibility index (Phi) is 8.87. The Hall–Kier alpha value is -2.88. The first-order valence-electron chi connectivity index (χ1n) is 10.8. The van der Waals surface area contributed by atoms with E-state index in [1.807, 2.05) is 0 Å². The zero-order chi connectivity index (χ0) is 23.8. The van der Waals surface area contributed by atoms with Crippen LogP contribution in [0.3, 0.4) is 0 Å². The highest BCUT2D eigenvalue weighted by Crippen LogP contribution is 2.28. The number of hydrogen-bond donors (Lipinski definition) is 3. The van der Waals surface area contributed by atoms with Gasteiger partial charge in [0.15, 0.2) is 0 Å². The Morgan fingerprint density at radius 1 is 1.18 bits per heavy atom. The molecular formula is C23H28ClN3O6. The van der Waals surface area contributed by atoms with Crippen LogP contribution in [0, 0.1) is 0 Å². The van der Waals surface area contributed by atoms with E-state index in [9.17, 15) is 24.9 Å². The molecule has 1 fully saturated rings. The lowest BCUT2D eigenvalue weighted by molar-refractivity contribution is 0.0354. The number of amides is 2. The van der Waals surface area contributed by atoms with Crippen molar-refractivity contribution in [2.75, 3.05) is 31.2 Å². The normalized spacial score (nSPS) is 14.6. The molecule has 2 aromatic rings. The molecule has 1 aliphatic carbocycles. The smallest absolute Gasteiger partial charge is 0.411 e. The van der Waals surface area contributed by atoms with E-state index in [1.165, 1.54) is 18.5 Å². The van der Waals surface area contributed by atoms with E-state index < -0.39 is 18.8 Å². The molecule has 178 valence electrons. The molecule has 1 aliphatic rings. The molecule has 0 bridgehead atoms. The lowest BCUT2D eigenvalue weighted by Gasteiger charge is -2.31. The van der Waals surface area contributed by atoms with E-state index in [4.69, 9.17) is 16.3 Å². The Labute approximate surface area is 197 Å². The van der Waals surface area contributed by atoms with Crippen LogP contribution in [-0.4, -0.2) is 75.7 Å². The summed E-state index contributed by atoms with van der Waals surface area (Å²) in [5.41, 5.74) is 0.775. The maximum Gasteiger partial charge on any atom is 0.411 e. The number of aliphatic hydroxyl groups is 2. The van der Waals surface area contributed by atoms with Crippen LogP contribution in [0.2, 0.25) is 5.02 Å². The zero-order valence-corrected chi connectivity index (χ0v) is 18.9. The maximum atomic E-state index is 13.3. The van der Waals surface area contributed by atoms with Gasteiger partial charge in [0.05, 0.1) is 24.9 Å².